The van der Waals surface area contributed by atoms with Crippen molar-refractivity contribution in [1.29, 1.82) is 10.5 Å². The third-order valence-electron chi connectivity index (χ3n) is 0.413. The summed E-state index contributed by atoms with van der Waals surface area (Å²) >= 11 is 0. The molecule has 0 rings (SSSR count). The van der Waals surface area contributed by atoms with E-state index in [0.29, 0.717) is 0 Å². The van der Waals surface area contributed by atoms with E-state index in [1.165, 1.54) is 0 Å². The summed E-state index contributed by atoms with van der Waals surface area (Å²) in [7, 11) is 0. The first-order valence-corrected chi connectivity index (χ1v) is 1.69. The smallest absolute Gasteiger partial charge is 0.329 e. The largest absolute Gasteiger partial charge is 1.00 e. The summed E-state index contributed by atoms with van der Waals surface area (Å²) in [5.41, 5.74) is 0.0718. The van der Waals surface area contributed by atoms with Crippen LogP contribution < -0.4 is 29.6 Å². The summed E-state index contributed by atoms with van der Waals surface area (Å²) in [5.74, 6) is 0. The second-order valence-electron chi connectivity index (χ2n) is 0.972. The molecule has 0 radical (unpaired) electrons. The molecule has 0 aliphatic heterocycles. The van der Waals surface area contributed by atoms with Crippen LogP contribution in [0.1, 0.15) is 6.42 Å². The summed E-state index contributed by atoms with van der Waals surface area (Å²) < 4.78 is 0. The summed E-state index contributed by atoms with van der Waals surface area (Å²) in [5, 5.41) is 15.8. The van der Waals surface area contributed by atoms with Gasteiger partial charge in [0.2, 0.25) is 0 Å². The Bertz CT molecular complexity index is 149. The Hall–Kier alpha value is -0.280. The molecule has 34 valence electrons. The number of nitrogens with zero attached hydrogens (tertiary/aromatic N) is 2. The quantitative estimate of drug-likeness (QED) is 0.220. The summed E-state index contributed by atoms with van der Waals surface area (Å²) in [6.45, 7) is 4.92. The molecule has 0 fully saturated rings. The summed E-state index contributed by atoms with van der Waals surface area (Å²) in [4.78, 5) is 0. The van der Waals surface area contributed by atoms with E-state index in [4.69, 9.17) is 17.1 Å². The standard InChI is InChI=1S/C5H3N2.Na/c1-5(4-7)2-3-6;/h1H,2H2;/q-1;+1. The number of allylic oxidation sites excluding steroid dienone is 1. The molecule has 0 unspecified atom stereocenters. The van der Waals surface area contributed by atoms with Gasteiger partial charge in [-0.3, -0.25) is 6.58 Å². The number of nitriles is 2. The second-order valence-corrected chi connectivity index (χ2v) is 0.972. The maximum Gasteiger partial charge on any atom is 1.00 e. The van der Waals surface area contributed by atoms with Crippen LogP contribution in [0.4, 0.5) is 0 Å². The van der Waals surface area contributed by atoms with Gasteiger partial charge in [0.15, 0.2) is 0 Å². The van der Waals surface area contributed by atoms with Crippen molar-refractivity contribution >= 4 is 0 Å². The normalized spacial score (nSPS) is 5.25. The molecule has 2 nitrogen and oxygen atoms in total. The second kappa shape index (κ2) is 6.72. The Labute approximate surface area is 70.7 Å². The molecule has 0 aromatic carbocycles. The van der Waals surface area contributed by atoms with Gasteiger partial charge < -0.3 is 5.26 Å². The zero-order valence-corrected chi connectivity index (χ0v) is 6.68. The minimum atomic E-state index is 0. The van der Waals surface area contributed by atoms with Crippen LogP contribution >= 0.6 is 0 Å². The van der Waals surface area contributed by atoms with Crippen molar-refractivity contribution in [3.63, 3.8) is 0 Å². The molecule has 0 aromatic rings. The van der Waals surface area contributed by atoms with E-state index in [0.717, 1.165) is 0 Å². The van der Waals surface area contributed by atoms with Gasteiger partial charge >= 0.3 is 29.6 Å². The van der Waals surface area contributed by atoms with Gasteiger partial charge in [-0.2, -0.15) is 10.8 Å². The zero-order valence-electron chi connectivity index (χ0n) is 4.68. The zero-order chi connectivity index (χ0) is 5.70. The molecular formula is C5H3N2Na. The van der Waals surface area contributed by atoms with Crippen LogP contribution in [0.25, 0.3) is 0 Å². The molecule has 0 aliphatic carbocycles. The Morgan fingerprint density at radius 2 is 2.00 bits per heavy atom. The fourth-order valence-electron chi connectivity index (χ4n) is 0.125. The van der Waals surface area contributed by atoms with Crippen LogP contribution in [0, 0.1) is 29.2 Å². The first kappa shape index (κ1) is 10.7. The fourth-order valence-corrected chi connectivity index (χ4v) is 0.125. The SMILES string of the molecule is [CH-]=C(C#N)CC#N.[Na+]. The third kappa shape index (κ3) is 5.72. The molecule has 0 spiro atoms. The maximum absolute atomic E-state index is 7.90. The van der Waals surface area contributed by atoms with E-state index in [1.54, 1.807) is 12.1 Å². The van der Waals surface area contributed by atoms with Crippen molar-refractivity contribution in [3.8, 4) is 12.1 Å². The van der Waals surface area contributed by atoms with Crippen molar-refractivity contribution in [2.75, 3.05) is 0 Å². The van der Waals surface area contributed by atoms with Gasteiger partial charge in [-0.25, -0.2) is 0 Å². The van der Waals surface area contributed by atoms with E-state index in [1.807, 2.05) is 0 Å². The molecule has 8 heavy (non-hydrogen) atoms. The van der Waals surface area contributed by atoms with E-state index in [-0.39, 0.29) is 41.6 Å². The van der Waals surface area contributed by atoms with Crippen molar-refractivity contribution in [2.45, 2.75) is 6.42 Å². The predicted octanol–water partition coefficient (Wildman–Crippen LogP) is -2.21. The van der Waals surface area contributed by atoms with E-state index < -0.39 is 0 Å². The van der Waals surface area contributed by atoms with Gasteiger partial charge in [-0.1, -0.05) is 0 Å². The van der Waals surface area contributed by atoms with Gasteiger partial charge in [0, 0.05) is 6.42 Å². The molecule has 0 atom stereocenters. The van der Waals surface area contributed by atoms with Gasteiger partial charge in [0.25, 0.3) is 0 Å². The maximum atomic E-state index is 7.90. The van der Waals surface area contributed by atoms with Crippen molar-refractivity contribution < 1.29 is 29.6 Å². The number of hydrogen-bond donors (Lipinski definition) is 0. The molecule has 0 saturated heterocycles. The summed E-state index contributed by atoms with van der Waals surface area (Å²) in [6, 6.07) is 3.37. The minimum absolute atomic E-state index is 0. The predicted molar refractivity (Wildman–Crippen MR) is 23.7 cm³/mol. The topological polar surface area (TPSA) is 47.6 Å². The van der Waals surface area contributed by atoms with Crippen LogP contribution in [0.3, 0.4) is 0 Å². The first-order valence-electron chi connectivity index (χ1n) is 1.69. The van der Waals surface area contributed by atoms with E-state index in [9.17, 15) is 0 Å². The molecule has 0 N–H and O–H groups in total. The van der Waals surface area contributed by atoms with Crippen molar-refractivity contribution in [3.05, 3.63) is 12.2 Å². The van der Waals surface area contributed by atoms with Gasteiger partial charge in [0.05, 0.1) is 6.07 Å². The van der Waals surface area contributed by atoms with Crippen LogP contribution in [-0.4, -0.2) is 0 Å². The Kier molecular flexibility index (Phi) is 8.95. The Balaban J connectivity index is 0. The van der Waals surface area contributed by atoms with E-state index >= 15 is 0 Å². The molecule has 0 bridgehead atoms. The molecule has 0 aliphatic rings. The van der Waals surface area contributed by atoms with Crippen LogP contribution in [0.5, 0.6) is 0 Å². The monoisotopic (exact) mass is 114 g/mol. The van der Waals surface area contributed by atoms with Crippen LogP contribution in [-0.2, 0) is 0 Å². The minimum Gasteiger partial charge on any atom is -0.329 e. The average molecular weight is 114 g/mol. The number of rotatable bonds is 1. The van der Waals surface area contributed by atoms with E-state index in [2.05, 4.69) is 0 Å². The Morgan fingerprint density at radius 1 is 1.50 bits per heavy atom. The first-order chi connectivity index (χ1) is 3.31. The van der Waals surface area contributed by atoms with Gasteiger partial charge in [-0.15, -0.1) is 6.07 Å². The molecular weight excluding hydrogens is 111 g/mol. The molecule has 0 aromatic heterocycles. The summed E-state index contributed by atoms with van der Waals surface area (Å²) in [6.07, 6.45) is 0.0382. The average Bonchev–Trinajstić information content (AvgIpc) is 1.68. The van der Waals surface area contributed by atoms with Crippen molar-refractivity contribution in [1.82, 2.24) is 0 Å². The number of hydrogen-bond acceptors (Lipinski definition) is 2. The third-order valence-corrected chi connectivity index (χ3v) is 0.413. The Morgan fingerprint density at radius 3 is 2.12 bits per heavy atom. The van der Waals surface area contributed by atoms with Crippen LogP contribution in [0.15, 0.2) is 5.57 Å². The van der Waals surface area contributed by atoms with Gasteiger partial charge in [-0.05, 0) is 0 Å². The van der Waals surface area contributed by atoms with Gasteiger partial charge in [0.1, 0.15) is 0 Å². The van der Waals surface area contributed by atoms with Crippen molar-refractivity contribution in [2.24, 2.45) is 0 Å². The molecule has 0 saturated carbocycles. The fraction of sp³-hybridized carbons (Fsp3) is 0.200. The van der Waals surface area contributed by atoms with Crippen LogP contribution in [0.2, 0.25) is 0 Å². The molecule has 3 heteroatoms. The molecule has 0 heterocycles. The molecule has 0 amide bonds.